The molecular weight excluding hydrogens is 204 g/mol. The third-order valence-corrected chi connectivity index (χ3v) is 3.12. The van der Waals surface area contributed by atoms with Crippen LogP contribution >= 0.6 is 11.8 Å². The number of hydrogen-bond acceptors (Lipinski definition) is 2. The van der Waals surface area contributed by atoms with E-state index in [4.69, 9.17) is 0 Å². The second kappa shape index (κ2) is 3.56. The molecule has 2 nitrogen and oxygen atoms in total. The average molecular weight is 220 g/mol. The second-order valence-corrected chi connectivity index (χ2v) is 5.60. The summed E-state index contributed by atoms with van der Waals surface area (Å²) in [7, 11) is 0. The Bertz CT molecular complexity index is 480. The van der Waals surface area contributed by atoms with Crippen LogP contribution in [-0.4, -0.2) is 16.2 Å². The predicted octanol–water partition coefficient (Wildman–Crippen LogP) is 3.58. The predicted molar refractivity (Wildman–Crippen MR) is 66.6 cm³/mol. The smallest absolute Gasteiger partial charge is 0.112 e. The van der Waals surface area contributed by atoms with Crippen molar-refractivity contribution < 1.29 is 0 Å². The van der Waals surface area contributed by atoms with Crippen LogP contribution in [0.5, 0.6) is 0 Å². The quantitative estimate of drug-likeness (QED) is 0.744. The zero-order chi connectivity index (χ0) is 11.1. The van der Waals surface area contributed by atoms with Gasteiger partial charge >= 0.3 is 0 Å². The molecule has 0 spiro atoms. The number of fused-ring (bicyclic) bond motifs is 1. The van der Waals surface area contributed by atoms with Gasteiger partial charge in [0.2, 0.25) is 0 Å². The van der Waals surface area contributed by atoms with Crippen LogP contribution in [-0.2, 0) is 5.41 Å². The molecule has 0 bridgehead atoms. The van der Waals surface area contributed by atoms with Gasteiger partial charge in [0.1, 0.15) is 5.82 Å². The molecule has 0 atom stereocenters. The Balaban J connectivity index is 2.56. The highest BCUT2D eigenvalue weighted by Gasteiger charge is 2.17. The normalized spacial score (nSPS) is 12.3. The fourth-order valence-corrected chi connectivity index (χ4v) is 1.91. The summed E-state index contributed by atoms with van der Waals surface area (Å²) in [5.41, 5.74) is 2.27. The van der Waals surface area contributed by atoms with Gasteiger partial charge in [0, 0.05) is 10.3 Å². The molecule has 0 fully saturated rings. The lowest BCUT2D eigenvalue weighted by atomic mass is 9.96. The standard InChI is InChI=1S/C12H16N2S/c1-12(2,3)11-13-9-6-5-8(15-4)7-10(9)14-11/h5-7H,1-4H3,(H,13,14). The number of imidazole rings is 1. The van der Waals surface area contributed by atoms with Crippen LogP contribution in [0, 0.1) is 0 Å². The number of nitrogens with one attached hydrogen (secondary N) is 1. The molecule has 15 heavy (non-hydrogen) atoms. The van der Waals surface area contributed by atoms with E-state index >= 15 is 0 Å². The van der Waals surface area contributed by atoms with Crippen molar-refractivity contribution in [3.05, 3.63) is 24.0 Å². The van der Waals surface area contributed by atoms with Gasteiger partial charge in [0.25, 0.3) is 0 Å². The Morgan fingerprint density at radius 1 is 1.27 bits per heavy atom. The van der Waals surface area contributed by atoms with Gasteiger partial charge in [-0.1, -0.05) is 20.8 Å². The summed E-state index contributed by atoms with van der Waals surface area (Å²) in [6, 6.07) is 6.34. The van der Waals surface area contributed by atoms with Crippen molar-refractivity contribution in [1.82, 2.24) is 9.97 Å². The largest absolute Gasteiger partial charge is 0.342 e. The van der Waals surface area contributed by atoms with Crippen LogP contribution in [0.1, 0.15) is 26.6 Å². The van der Waals surface area contributed by atoms with Gasteiger partial charge in [-0.25, -0.2) is 4.98 Å². The minimum atomic E-state index is 0.0819. The summed E-state index contributed by atoms with van der Waals surface area (Å²) in [5, 5.41) is 0. The fraction of sp³-hybridized carbons (Fsp3) is 0.417. The number of aromatic nitrogens is 2. The lowest BCUT2D eigenvalue weighted by molar-refractivity contribution is 0.554. The number of hydrogen-bond donors (Lipinski definition) is 1. The molecule has 0 aliphatic carbocycles. The van der Waals surface area contributed by atoms with E-state index in [0.717, 1.165) is 16.9 Å². The highest BCUT2D eigenvalue weighted by molar-refractivity contribution is 7.98. The first-order valence-corrected chi connectivity index (χ1v) is 6.27. The van der Waals surface area contributed by atoms with Crippen LogP contribution in [0.15, 0.2) is 23.1 Å². The molecule has 2 rings (SSSR count). The molecule has 1 heterocycles. The van der Waals surface area contributed by atoms with Gasteiger partial charge in [-0.15, -0.1) is 11.8 Å². The molecule has 80 valence electrons. The molecule has 1 aromatic carbocycles. The summed E-state index contributed by atoms with van der Waals surface area (Å²) in [6.45, 7) is 6.50. The maximum Gasteiger partial charge on any atom is 0.112 e. The first-order chi connectivity index (χ1) is 7.00. The summed E-state index contributed by atoms with van der Waals surface area (Å²) < 4.78 is 0. The molecule has 0 aliphatic rings. The highest BCUT2D eigenvalue weighted by Crippen LogP contribution is 2.25. The van der Waals surface area contributed by atoms with Crippen molar-refractivity contribution in [3.8, 4) is 0 Å². The summed E-state index contributed by atoms with van der Waals surface area (Å²) in [6.07, 6.45) is 2.09. The molecule has 0 unspecified atom stereocenters. The van der Waals surface area contributed by atoms with Crippen molar-refractivity contribution in [3.63, 3.8) is 0 Å². The molecule has 0 radical (unpaired) electrons. The monoisotopic (exact) mass is 220 g/mol. The Hall–Kier alpha value is -0.960. The number of aromatic amines is 1. The van der Waals surface area contributed by atoms with Gasteiger partial charge < -0.3 is 4.98 Å². The van der Waals surface area contributed by atoms with Crippen LogP contribution in [0.4, 0.5) is 0 Å². The Labute approximate surface area is 94.5 Å². The maximum absolute atomic E-state index is 4.59. The van der Waals surface area contributed by atoms with E-state index in [0.29, 0.717) is 0 Å². The number of rotatable bonds is 1. The molecule has 2 aromatic rings. The Morgan fingerprint density at radius 2 is 2.00 bits per heavy atom. The van der Waals surface area contributed by atoms with Crippen LogP contribution in [0.25, 0.3) is 11.0 Å². The van der Waals surface area contributed by atoms with Crippen LogP contribution in [0.2, 0.25) is 0 Å². The van der Waals surface area contributed by atoms with E-state index in [2.05, 4.69) is 55.2 Å². The van der Waals surface area contributed by atoms with Gasteiger partial charge in [-0.2, -0.15) is 0 Å². The molecule has 3 heteroatoms. The third-order valence-electron chi connectivity index (χ3n) is 2.40. The van der Waals surface area contributed by atoms with Crippen molar-refractivity contribution >= 4 is 22.8 Å². The van der Waals surface area contributed by atoms with E-state index in [9.17, 15) is 0 Å². The number of thioether (sulfide) groups is 1. The fourth-order valence-electron chi connectivity index (χ4n) is 1.47. The zero-order valence-corrected chi connectivity index (χ0v) is 10.4. The molecule has 1 aromatic heterocycles. The van der Waals surface area contributed by atoms with Crippen LogP contribution in [0.3, 0.4) is 0 Å². The van der Waals surface area contributed by atoms with E-state index in [1.807, 2.05) is 0 Å². The van der Waals surface area contributed by atoms with E-state index in [1.54, 1.807) is 11.8 Å². The van der Waals surface area contributed by atoms with E-state index < -0.39 is 0 Å². The lowest BCUT2D eigenvalue weighted by Gasteiger charge is -2.13. The van der Waals surface area contributed by atoms with Crippen molar-refractivity contribution in [1.29, 1.82) is 0 Å². The molecule has 1 N–H and O–H groups in total. The number of H-pyrrole nitrogens is 1. The van der Waals surface area contributed by atoms with Gasteiger partial charge in [-0.05, 0) is 24.5 Å². The molecular formula is C12H16N2S. The first-order valence-electron chi connectivity index (χ1n) is 5.05. The van der Waals surface area contributed by atoms with Crippen molar-refractivity contribution in [2.45, 2.75) is 31.1 Å². The first kappa shape index (κ1) is 10.6. The molecule has 0 saturated heterocycles. The van der Waals surface area contributed by atoms with E-state index in [1.165, 1.54) is 4.90 Å². The minimum absolute atomic E-state index is 0.0819. The average Bonchev–Trinajstić information content (AvgIpc) is 2.59. The maximum atomic E-state index is 4.59. The summed E-state index contributed by atoms with van der Waals surface area (Å²) in [4.78, 5) is 9.25. The van der Waals surface area contributed by atoms with Gasteiger partial charge in [0.05, 0.1) is 11.0 Å². The third kappa shape index (κ3) is 2.02. The van der Waals surface area contributed by atoms with Crippen molar-refractivity contribution in [2.75, 3.05) is 6.26 Å². The molecule has 0 amide bonds. The lowest BCUT2D eigenvalue weighted by Crippen LogP contribution is -2.12. The Morgan fingerprint density at radius 3 is 2.60 bits per heavy atom. The Kier molecular flexibility index (Phi) is 2.51. The number of benzene rings is 1. The van der Waals surface area contributed by atoms with Gasteiger partial charge in [0.15, 0.2) is 0 Å². The minimum Gasteiger partial charge on any atom is -0.342 e. The van der Waals surface area contributed by atoms with E-state index in [-0.39, 0.29) is 5.41 Å². The van der Waals surface area contributed by atoms with Crippen LogP contribution < -0.4 is 0 Å². The second-order valence-electron chi connectivity index (χ2n) is 4.72. The molecule has 0 saturated carbocycles. The number of nitrogens with zero attached hydrogens (tertiary/aromatic N) is 1. The van der Waals surface area contributed by atoms with Crippen molar-refractivity contribution in [2.24, 2.45) is 0 Å². The summed E-state index contributed by atoms with van der Waals surface area (Å²) in [5.74, 6) is 1.05. The SMILES string of the molecule is CSc1ccc2nc(C(C)(C)C)[nH]c2c1. The zero-order valence-electron chi connectivity index (χ0n) is 9.59. The summed E-state index contributed by atoms with van der Waals surface area (Å²) >= 11 is 1.75. The highest BCUT2D eigenvalue weighted by atomic mass is 32.2. The molecule has 0 aliphatic heterocycles. The topological polar surface area (TPSA) is 28.7 Å². The van der Waals surface area contributed by atoms with Gasteiger partial charge in [-0.3, -0.25) is 0 Å².